The fraction of sp³-hybridized carbons (Fsp3) is 0.214. The summed E-state index contributed by atoms with van der Waals surface area (Å²) in [4.78, 5) is 14.5. The molecule has 0 saturated carbocycles. The van der Waals surface area contributed by atoms with Crippen LogP contribution in [0.4, 0.5) is 5.69 Å². The highest BCUT2D eigenvalue weighted by atomic mass is 32.1. The molecule has 0 atom stereocenters. The van der Waals surface area contributed by atoms with E-state index in [0.29, 0.717) is 17.1 Å². The summed E-state index contributed by atoms with van der Waals surface area (Å²) in [7, 11) is 0. The second kappa shape index (κ2) is 5.86. The summed E-state index contributed by atoms with van der Waals surface area (Å²) in [5.41, 5.74) is 6.56. The number of nitrogens with zero attached hydrogens (tertiary/aromatic N) is 1. The molecule has 2 rings (SSSR count). The van der Waals surface area contributed by atoms with E-state index in [0.717, 1.165) is 10.1 Å². The first-order valence-electron chi connectivity index (χ1n) is 5.97. The van der Waals surface area contributed by atoms with Crippen LogP contribution in [0, 0.1) is 0 Å². The van der Waals surface area contributed by atoms with Crippen molar-refractivity contribution >= 4 is 33.0 Å². The van der Waals surface area contributed by atoms with Gasteiger partial charge in [0, 0.05) is 23.2 Å². The number of aliphatic hydroxyl groups excluding tert-OH is 1. The van der Waals surface area contributed by atoms with Gasteiger partial charge in [0.15, 0.2) is 0 Å². The molecule has 0 aliphatic carbocycles. The smallest absolute Gasteiger partial charge is 0.266 e. The molecule has 0 fully saturated rings. The van der Waals surface area contributed by atoms with E-state index < -0.39 is 0 Å². The molecule has 100 valence electrons. The minimum Gasteiger partial charge on any atom is -0.397 e. The third-order valence-corrected chi connectivity index (χ3v) is 4.01. The van der Waals surface area contributed by atoms with Gasteiger partial charge in [-0.3, -0.25) is 4.79 Å². The maximum atomic E-state index is 12.4. The lowest BCUT2D eigenvalue weighted by Crippen LogP contribution is -2.33. The van der Waals surface area contributed by atoms with Crippen molar-refractivity contribution in [1.82, 2.24) is 4.90 Å². The Hall–Kier alpha value is -1.85. The second-order valence-corrected chi connectivity index (χ2v) is 5.16. The van der Waals surface area contributed by atoms with Crippen molar-refractivity contribution in [3.8, 4) is 0 Å². The largest absolute Gasteiger partial charge is 0.397 e. The van der Waals surface area contributed by atoms with Gasteiger partial charge < -0.3 is 15.7 Å². The first-order valence-corrected chi connectivity index (χ1v) is 6.78. The topological polar surface area (TPSA) is 66.6 Å². The molecule has 2 aromatic rings. The van der Waals surface area contributed by atoms with E-state index in [1.807, 2.05) is 24.3 Å². The summed E-state index contributed by atoms with van der Waals surface area (Å²) in [6, 6.07) is 7.66. The van der Waals surface area contributed by atoms with Gasteiger partial charge in [0.1, 0.15) is 4.88 Å². The van der Waals surface area contributed by atoms with Crippen LogP contribution in [-0.2, 0) is 0 Å². The average molecular weight is 276 g/mol. The summed E-state index contributed by atoms with van der Waals surface area (Å²) in [5, 5.41) is 9.91. The number of aliphatic hydroxyl groups is 1. The van der Waals surface area contributed by atoms with E-state index in [-0.39, 0.29) is 19.1 Å². The molecule has 0 radical (unpaired) electrons. The number of anilines is 1. The van der Waals surface area contributed by atoms with Gasteiger partial charge in [0.25, 0.3) is 5.91 Å². The van der Waals surface area contributed by atoms with Gasteiger partial charge in [-0.2, -0.15) is 0 Å². The Bertz CT molecular complexity index is 607. The number of hydrogen-bond acceptors (Lipinski definition) is 4. The van der Waals surface area contributed by atoms with Gasteiger partial charge in [-0.25, -0.2) is 0 Å². The van der Waals surface area contributed by atoms with Crippen LogP contribution in [0.25, 0.3) is 10.1 Å². The van der Waals surface area contributed by atoms with Gasteiger partial charge in [-0.15, -0.1) is 17.9 Å². The first kappa shape index (κ1) is 13.6. The highest BCUT2D eigenvalue weighted by molar-refractivity contribution is 7.21. The Morgan fingerprint density at radius 1 is 1.47 bits per heavy atom. The second-order valence-electron chi connectivity index (χ2n) is 4.10. The molecule has 0 spiro atoms. The van der Waals surface area contributed by atoms with E-state index in [1.54, 1.807) is 6.08 Å². The number of amides is 1. The van der Waals surface area contributed by atoms with Crippen LogP contribution in [0.5, 0.6) is 0 Å². The number of carbonyl (C=O) groups is 1. The quantitative estimate of drug-likeness (QED) is 0.822. The van der Waals surface area contributed by atoms with Crippen LogP contribution in [-0.4, -0.2) is 35.6 Å². The Labute approximate surface area is 115 Å². The lowest BCUT2D eigenvalue weighted by molar-refractivity contribution is 0.0748. The Morgan fingerprint density at radius 2 is 2.21 bits per heavy atom. The van der Waals surface area contributed by atoms with Crippen molar-refractivity contribution in [3.05, 3.63) is 41.8 Å². The third kappa shape index (κ3) is 2.62. The molecule has 4 nitrogen and oxygen atoms in total. The van der Waals surface area contributed by atoms with E-state index in [9.17, 15) is 4.79 Å². The number of carbonyl (C=O) groups excluding carboxylic acids is 1. The molecule has 0 bridgehead atoms. The first-order chi connectivity index (χ1) is 9.19. The molecule has 0 unspecified atom stereocenters. The molecule has 3 N–H and O–H groups in total. The molecule has 0 saturated heterocycles. The highest BCUT2D eigenvalue weighted by Gasteiger charge is 2.20. The minimum absolute atomic E-state index is 0.0790. The molecule has 5 heteroatoms. The van der Waals surface area contributed by atoms with Crippen LogP contribution >= 0.6 is 11.3 Å². The summed E-state index contributed by atoms with van der Waals surface area (Å²) in [6.07, 6.45) is 1.64. The summed E-state index contributed by atoms with van der Waals surface area (Å²) >= 11 is 1.38. The number of hydrogen-bond donors (Lipinski definition) is 2. The lowest BCUT2D eigenvalue weighted by atomic mass is 10.2. The van der Waals surface area contributed by atoms with E-state index in [2.05, 4.69) is 6.58 Å². The molecular formula is C14H16N2O2S. The molecule has 0 aliphatic heterocycles. The van der Waals surface area contributed by atoms with Crippen molar-refractivity contribution in [2.24, 2.45) is 0 Å². The van der Waals surface area contributed by atoms with Crippen LogP contribution in [0.1, 0.15) is 9.67 Å². The van der Waals surface area contributed by atoms with Crippen molar-refractivity contribution in [2.75, 3.05) is 25.4 Å². The normalized spacial score (nSPS) is 10.6. The van der Waals surface area contributed by atoms with Crippen molar-refractivity contribution in [3.63, 3.8) is 0 Å². The molecule has 1 amide bonds. The summed E-state index contributed by atoms with van der Waals surface area (Å²) in [5.74, 6) is -0.160. The van der Waals surface area contributed by atoms with Crippen LogP contribution < -0.4 is 5.73 Å². The SMILES string of the molecule is C=CCN(CCO)C(=O)c1sc2ccccc2c1N. The lowest BCUT2D eigenvalue weighted by Gasteiger charge is -2.19. The van der Waals surface area contributed by atoms with E-state index >= 15 is 0 Å². The average Bonchev–Trinajstić information content (AvgIpc) is 2.76. The number of fused-ring (bicyclic) bond motifs is 1. The van der Waals surface area contributed by atoms with Gasteiger partial charge in [0.05, 0.1) is 12.3 Å². The molecule has 0 aliphatic rings. The Morgan fingerprint density at radius 3 is 2.84 bits per heavy atom. The minimum atomic E-state index is -0.160. The van der Waals surface area contributed by atoms with E-state index in [1.165, 1.54) is 16.2 Å². The standard InChI is InChI=1S/C14H16N2O2S/c1-2-7-16(8-9-17)14(18)13-12(15)10-5-3-4-6-11(10)19-13/h2-6,17H,1,7-9,15H2. The number of thiophene rings is 1. The summed E-state index contributed by atoms with van der Waals surface area (Å²) in [6.45, 7) is 4.21. The van der Waals surface area contributed by atoms with Gasteiger partial charge in [0.2, 0.25) is 0 Å². The van der Waals surface area contributed by atoms with Gasteiger partial charge >= 0.3 is 0 Å². The molecular weight excluding hydrogens is 260 g/mol. The fourth-order valence-corrected chi connectivity index (χ4v) is 3.01. The monoisotopic (exact) mass is 276 g/mol. The van der Waals surface area contributed by atoms with Crippen LogP contribution in [0.15, 0.2) is 36.9 Å². The maximum Gasteiger partial charge on any atom is 0.266 e. The zero-order valence-electron chi connectivity index (χ0n) is 10.5. The number of benzene rings is 1. The van der Waals surface area contributed by atoms with Crippen LogP contribution in [0.3, 0.4) is 0 Å². The number of rotatable bonds is 5. The molecule has 1 heterocycles. The number of nitrogens with two attached hydrogens (primary N) is 1. The predicted octanol–water partition coefficient (Wildman–Crippen LogP) is 2.10. The fourth-order valence-electron chi connectivity index (χ4n) is 1.92. The molecule has 19 heavy (non-hydrogen) atoms. The zero-order valence-corrected chi connectivity index (χ0v) is 11.3. The molecule has 1 aromatic carbocycles. The maximum absolute atomic E-state index is 12.4. The predicted molar refractivity (Wildman–Crippen MR) is 79.4 cm³/mol. The third-order valence-electron chi connectivity index (χ3n) is 2.83. The Balaban J connectivity index is 2.39. The van der Waals surface area contributed by atoms with Crippen molar-refractivity contribution in [2.45, 2.75) is 0 Å². The zero-order chi connectivity index (χ0) is 13.8. The highest BCUT2D eigenvalue weighted by Crippen LogP contribution is 2.34. The Kier molecular flexibility index (Phi) is 4.19. The van der Waals surface area contributed by atoms with Crippen molar-refractivity contribution < 1.29 is 9.90 Å². The van der Waals surface area contributed by atoms with Gasteiger partial charge in [-0.05, 0) is 6.07 Å². The molecule has 1 aromatic heterocycles. The van der Waals surface area contributed by atoms with Crippen molar-refractivity contribution in [1.29, 1.82) is 0 Å². The van der Waals surface area contributed by atoms with Gasteiger partial charge in [-0.1, -0.05) is 24.3 Å². The van der Waals surface area contributed by atoms with Crippen LogP contribution in [0.2, 0.25) is 0 Å². The summed E-state index contributed by atoms with van der Waals surface area (Å²) < 4.78 is 0.992. The number of nitrogen functional groups attached to an aromatic ring is 1. The van der Waals surface area contributed by atoms with E-state index in [4.69, 9.17) is 10.8 Å².